The minimum absolute atomic E-state index is 0.0458. The van der Waals surface area contributed by atoms with Crippen molar-refractivity contribution >= 4 is 39.1 Å². The highest BCUT2D eigenvalue weighted by atomic mass is 79.9. The summed E-state index contributed by atoms with van der Waals surface area (Å²) in [5.41, 5.74) is 1.75. The van der Waals surface area contributed by atoms with Crippen LogP contribution in [-0.2, 0) is 0 Å². The molecule has 1 saturated heterocycles. The van der Waals surface area contributed by atoms with Gasteiger partial charge in [-0.3, -0.25) is 4.79 Å². The Morgan fingerprint density at radius 3 is 2.92 bits per heavy atom. The number of carbonyl (C=O) groups excluding carboxylic acids is 1. The van der Waals surface area contributed by atoms with Crippen LogP contribution in [0.5, 0.6) is 5.75 Å². The highest BCUT2D eigenvalue weighted by molar-refractivity contribution is 9.10. The van der Waals surface area contributed by atoms with Crippen molar-refractivity contribution in [3.05, 3.63) is 45.3 Å². The van der Waals surface area contributed by atoms with Crippen LogP contribution in [0.4, 0.5) is 5.69 Å². The normalized spacial score (nSPS) is 17.2. The van der Waals surface area contributed by atoms with E-state index < -0.39 is 0 Å². The minimum atomic E-state index is -0.192. The van der Waals surface area contributed by atoms with Gasteiger partial charge in [-0.1, -0.05) is 11.6 Å². The third kappa shape index (κ3) is 3.54. The van der Waals surface area contributed by atoms with E-state index in [0.717, 1.165) is 30.0 Å². The molecule has 1 aromatic carbocycles. The molecule has 0 bridgehead atoms. The van der Waals surface area contributed by atoms with Gasteiger partial charge in [0.2, 0.25) is 0 Å². The van der Waals surface area contributed by atoms with Crippen LogP contribution in [0.25, 0.3) is 0 Å². The third-order valence-corrected chi connectivity index (χ3v) is 4.72. The number of furan rings is 1. The van der Waals surface area contributed by atoms with Crippen LogP contribution < -0.4 is 15.0 Å². The molecule has 1 aliphatic heterocycles. The molecule has 1 unspecified atom stereocenters. The summed E-state index contributed by atoms with van der Waals surface area (Å²) in [6, 6.07) is 7.37. The van der Waals surface area contributed by atoms with Crippen molar-refractivity contribution in [2.24, 2.45) is 0 Å². The molecule has 0 spiro atoms. The molecule has 2 heterocycles. The lowest BCUT2D eigenvalue weighted by Crippen LogP contribution is -2.37. The first-order valence-electron chi connectivity index (χ1n) is 7.63. The summed E-state index contributed by atoms with van der Waals surface area (Å²) < 4.78 is 11.4. The van der Waals surface area contributed by atoms with E-state index in [4.69, 9.17) is 20.8 Å². The zero-order valence-corrected chi connectivity index (χ0v) is 15.8. The maximum absolute atomic E-state index is 12.4. The molecule has 1 amide bonds. The van der Waals surface area contributed by atoms with Gasteiger partial charge in [-0.15, -0.1) is 0 Å². The zero-order chi connectivity index (χ0) is 17.3. The number of halogens is 2. The summed E-state index contributed by atoms with van der Waals surface area (Å²) in [4.78, 5) is 14.5. The molecule has 1 aliphatic rings. The first-order chi connectivity index (χ1) is 11.5. The van der Waals surface area contributed by atoms with E-state index in [-0.39, 0.29) is 11.9 Å². The Balaban J connectivity index is 1.69. The van der Waals surface area contributed by atoms with Gasteiger partial charge in [-0.25, -0.2) is 0 Å². The third-order valence-electron chi connectivity index (χ3n) is 4.10. The van der Waals surface area contributed by atoms with Gasteiger partial charge in [0, 0.05) is 29.7 Å². The van der Waals surface area contributed by atoms with Crippen molar-refractivity contribution in [1.29, 1.82) is 0 Å². The molecule has 5 nitrogen and oxygen atoms in total. The van der Waals surface area contributed by atoms with E-state index in [1.165, 1.54) is 0 Å². The number of hydrogen-bond acceptors (Lipinski definition) is 4. The molecule has 1 atom stereocenters. The number of hydrogen-bond donors (Lipinski definition) is 1. The Morgan fingerprint density at radius 1 is 1.46 bits per heavy atom. The molecule has 0 radical (unpaired) electrons. The van der Waals surface area contributed by atoms with E-state index in [0.29, 0.717) is 22.0 Å². The number of carbonyl (C=O) groups is 1. The van der Waals surface area contributed by atoms with Gasteiger partial charge >= 0.3 is 0 Å². The molecular formula is C17H18BrClN2O3. The average molecular weight is 414 g/mol. The summed E-state index contributed by atoms with van der Waals surface area (Å²) in [7, 11) is 1.64. The fourth-order valence-corrected chi connectivity index (χ4v) is 3.60. The first-order valence-corrected chi connectivity index (χ1v) is 8.80. The largest absolute Gasteiger partial charge is 0.495 e. The predicted molar refractivity (Wildman–Crippen MR) is 97.2 cm³/mol. The van der Waals surface area contributed by atoms with Gasteiger partial charge in [0.15, 0.2) is 10.4 Å². The summed E-state index contributed by atoms with van der Waals surface area (Å²) in [6.45, 7) is 3.37. The molecular weight excluding hydrogens is 396 g/mol. The van der Waals surface area contributed by atoms with Gasteiger partial charge in [-0.2, -0.15) is 0 Å². The van der Waals surface area contributed by atoms with E-state index in [1.807, 2.05) is 19.1 Å². The number of methoxy groups -OCH3 is 1. The number of rotatable bonds is 4. The summed E-state index contributed by atoms with van der Waals surface area (Å²) in [6.07, 6.45) is 0.850. The SMILES string of the molecule is COc1ccc(Cl)cc1N1CCC(NC(=O)c2oc(Br)cc2C)C1. The molecule has 1 aromatic heterocycles. The molecule has 128 valence electrons. The van der Waals surface area contributed by atoms with Crippen molar-refractivity contribution in [1.82, 2.24) is 5.32 Å². The van der Waals surface area contributed by atoms with Crippen molar-refractivity contribution in [2.45, 2.75) is 19.4 Å². The Kier molecular flexibility index (Phi) is 5.06. The Labute approximate surface area is 154 Å². The second-order valence-electron chi connectivity index (χ2n) is 5.78. The number of benzene rings is 1. The molecule has 0 saturated carbocycles. The standard InChI is InChI=1S/C17H18BrClN2O3/c1-10-7-15(18)24-16(10)17(22)20-12-5-6-21(9-12)13-8-11(19)3-4-14(13)23-2/h3-4,7-8,12H,5-6,9H2,1-2H3,(H,20,22). The number of aryl methyl sites for hydroxylation is 1. The highest BCUT2D eigenvalue weighted by Crippen LogP contribution is 2.33. The highest BCUT2D eigenvalue weighted by Gasteiger charge is 2.27. The maximum Gasteiger partial charge on any atom is 0.287 e. The Bertz CT molecular complexity index is 762. The predicted octanol–water partition coefficient (Wildman–Crippen LogP) is 4.02. The maximum atomic E-state index is 12.4. The van der Waals surface area contributed by atoms with Gasteiger partial charge in [0.1, 0.15) is 5.75 Å². The van der Waals surface area contributed by atoms with Gasteiger partial charge in [0.05, 0.1) is 12.8 Å². The van der Waals surface area contributed by atoms with Crippen LogP contribution in [0.3, 0.4) is 0 Å². The number of anilines is 1. The molecule has 3 rings (SSSR count). The molecule has 0 aliphatic carbocycles. The summed E-state index contributed by atoms with van der Waals surface area (Å²) >= 11 is 9.35. The van der Waals surface area contributed by atoms with E-state index >= 15 is 0 Å². The molecule has 24 heavy (non-hydrogen) atoms. The fraction of sp³-hybridized carbons (Fsp3) is 0.353. The van der Waals surface area contributed by atoms with Crippen LogP contribution in [-0.4, -0.2) is 32.1 Å². The van der Waals surface area contributed by atoms with Crippen molar-refractivity contribution in [3.63, 3.8) is 0 Å². The molecule has 1 fully saturated rings. The average Bonchev–Trinajstić information content (AvgIpc) is 3.13. The van der Waals surface area contributed by atoms with E-state index in [1.54, 1.807) is 19.2 Å². The Hall–Kier alpha value is -1.66. The zero-order valence-electron chi connectivity index (χ0n) is 13.4. The van der Waals surface area contributed by atoms with Crippen LogP contribution in [0.1, 0.15) is 22.5 Å². The minimum Gasteiger partial charge on any atom is -0.495 e. The number of nitrogens with zero attached hydrogens (tertiary/aromatic N) is 1. The first kappa shape index (κ1) is 17.2. The van der Waals surface area contributed by atoms with Crippen LogP contribution >= 0.6 is 27.5 Å². The van der Waals surface area contributed by atoms with Crippen LogP contribution in [0, 0.1) is 6.92 Å². The number of amides is 1. The lowest BCUT2D eigenvalue weighted by molar-refractivity contribution is 0.0910. The Morgan fingerprint density at radius 2 is 2.25 bits per heavy atom. The molecule has 1 N–H and O–H groups in total. The summed E-state index contributed by atoms with van der Waals surface area (Å²) in [5.74, 6) is 0.931. The van der Waals surface area contributed by atoms with Gasteiger partial charge in [0.25, 0.3) is 5.91 Å². The van der Waals surface area contributed by atoms with Crippen molar-refractivity contribution < 1.29 is 13.9 Å². The monoisotopic (exact) mass is 412 g/mol. The second-order valence-corrected chi connectivity index (χ2v) is 7.00. The smallest absolute Gasteiger partial charge is 0.287 e. The van der Waals surface area contributed by atoms with Crippen molar-refractivity contribution in [2.75, 3.05) is 25.1 Å². The van der Waals surface area contributed by atoms with E-state index in [2.05, 4.69) is 26.1 Å². The molecule has 2 aromatic rings. The van der Waals surface area contributed by atoms with E-state index in [9.17, 15) is 4.79 Å². The lowest BCUT2D eigenvalue weighted by Gasteiger charge is -2.21. The van der Waals surface area contributed by atoms with Crippen LogP contribution in [0.2, 0.25) is 5.02 Å². The molecule has 7 heteroatoms. The quantitative estimate of drug-likeness (QED) is 0.822. The summed E-state index contributed by atoms with van der Waals surface area (Å²) in [5, 5.41) is 3.69. The van der Waals surface area contributed by atoms with Crippen LogP contribution in [0.15, 0.2) is 33.4 Å². The number of ether oxygens (including phenoxy) is 1. The fourth-order valence-electron chi connectivity index (χ4n) is 2.93. The number of nitrogens with one attached hydrogen (secondary N) is 1. The van der Waals surface area contributed by atoms with Gasteiger partial charge < -0.3 is 19.4 Å². The topological polar surface area (TPSA) is 54.7 Å². The lowest BCUT2D eigenvalue weighted by atomic mass is 10.2. The van der Waals surface area contributed by atoms with Crippen molar-refractivity contribution in [3.8, 4) is 5.75 Å². The second kappa shape index (κ2) is 7.07. The van der Waals surface area contributed by atoms with Gasteiger partial charge in [-0.05, 0) is 53.5 Å².